The van der Waals surface area contributed by atoms with Gasteiger partial charge in [-0.1, -0.05) is 30.3 Å². The Morgan fingerprint density at radius 1 is 1.23 bits per heavy atom. The highest BCUT2D eigenvalue weighted by Crippen LogP contribution is 2.17. The number of hydrogen-bond donors (Lipinski definition) is 2. The molecule has 0 spiro atoms. The lowest BCUT2D eigenvalue weighted by Crippen LogP contribution is -2.40. The number of carboxylic acid groups (broad SMARTS) is 1. The smallest absolute Gasteiger partial charge is 0.410 e. The molecular weight excluding hydrogens is 286 g/mol. The Morgan fingerprint density at radius 3 is 2.32 bits per heavy atom. The lowest BCUT2D eigenvalue weighted by molar-refractivity contribution is -0.138. The Labute approximate surface area is 130 Å². The minimum Gasteiger partial charge on any atom is -0.480 e. The molecule has 0 fully saturated rings. The third-order valence-corrected chi connectivity index (χ3v) is 2.83. The van der Waals surface area contributed by atoms with E-state index in [0.717, 1.165) is 10.5 Å². The number of aliphatic hydroxyl groups excluding tert-OH is 1. The van der Waals surface area contributed by atoms with Crippen LogP contribution in [-0.4, -0.2) is 45.9 Å². The number of aliphatic carboxylic acids is 1. The van der Waals surface area contributed by atoms with Crippen LogP contribution in [0.5, 0.6) is 0 Å². The molecule has 122 valence electrons. The Balaban J connectivity index is 2.65. The molecule has 6 heteroatoms. The van der Waals surface area contributed by atoms with E-state index in [4.69, 9.17) is 9.84 Å². The summed E-state index contributed by atoms with van der Waals surface area (Å²) in [6.45, 7) is 4.77. The van der Waals surface area contributed by atoms with Crippen LogP contribution >= 0.6 is 0 Å². The first kappa shape index (κ1) is 18.0. The fraction of sp³-hybridized carbons (Fsp3) is 0.500. The summed E-state index contributed by atoms with van der Waals surface area (Å²) in [5.41, 5.74) is 0.0215. The third-order valence-electron chi connectivity index (χ3n) is 2.83. The van der Waals surface area contributed by atoms with Crippen molar-refractivity contribution in [2.24, 2.45) is 0 Å². The van der Waals surface area contributed by atoms with Gasteiger partial charge in [0.05, 0.1) is 6.10 Å². The zero-order valence-corrected chi connectivity index (χ0v) is 13.2. The second-order valence-electron chi connectivity index (χ2n) is 6.01. The molecule has 0 aliphatic carbocycles. The number of carboxylic acids is 1. The van der Waals surface area contributed by atoms with Crippen molar-refractivity contribution in [1.29, 1.82) is 0 Å². The number of amides is 1. The maximum Gasteiger partial charge on any atom is 0.410 e. The molecule has 1 unspecified atom stereocenters. The minimum absolute atomic E-state index is 0.0945. The molecule has 1 rings (SSSR count). The van der Waals surface area contributed by atoms with Gasteiger partial charge in [0.1, 0.15) is 12.1 Å². The Morgan fingerprint density at radius 2 is 1.82 bits per heavy atom. The summed E-state index contributed by atoms with van der Waals surface area (Å²) >= 11 is 0. The summed E-state index contributed by atoms with van der Waals surface area (Å²) in [6, 6.07) is 9.01. The van der Waals surface area contributed by atoms with Gasteiger partial charge in [0.15, 0.2) is 0 Å². The van der Waals surface area contributed by atoms with Crippen molar-refractivity contribution in [3.63, 3.8) is 0 Å². The molecule has 0 radical (unpaired) electrons. The molecule has 0 aliphatic rings. The highest BCUT2D eigenvalue weighted by atomic mass is 16.6. The van der Waals surface area contributed by atoms with Crippen molar-refractivity contribution < 1.29 is 24.5 Å². The van der Waals surface area contributed by atoms with Crippen molar-refractivity contribution in [2.75, 3.05) is 13.1 Å². The van der Waals surface area contributed by atoms with Gasteiger partial charge in [-0.05, 0) is 32.8 Å². The standard InChI is InChI=1S/C16H23NO5/c1-16(2,3)22-15(21)17(11-14(19)20)10-9-13(18)12-7-5-4-6-8-12/h4-8,13,18H,9-11H2,1-3H3,(H,19,20). The summed E-state index contributed by atoms with van der Waals surface area (Å²) in [6.07, 6.45) is -1.23. The molecule has 0 aromatic heterocycles. The fourth-order valence-corrected chi connectivity index (χ4v) is 1.84. The molecular formula is C16H23NO5. The third kappa shape index (κ3) is 6.58. The monoisotopic (exact) mass is 309 g/mol. The minimum atomic E-state index is -1.12. The van der Waals surface area contributed by atoms with E-state index in [1.807, 2.05) is 6.07 Å². The van der Waals surface area contributed by atoms with Crippen molar-refractivity contribution in [3.8, 4) is 0 Å². The average molecular weight is 309 g/mol. The van der Waals surface area contributed by atoms with Crippen molar-refractivity contribution >= 4 is 12.1 Å². The summed E-state index contributed by atoms with van der Waals surface area (Å²) in [5.74, 6) is -1.12. The number of ether oxygens (including phenoxy) is 1. The van der Waals surface area contributed by atoms with Crippen LogP contribution in [0.4, 0.5) is 4.79 Å². The fourth-order valence-electron chi connectivity index (χ4n) is 1.84. The van der Waals surface area contributed by atoms with Gasteiger partial charge >= 0.3 is 12.1 Å². The van der Waals surface area contributed by atoms with E-state index in [1.165, 1.54) is 0 Å². The van der Waals surface area contributed by atoms with Gasteiger partial charge in [-0.2, -0.15) is 0 Å². The number of carbonyl (C=O) groups excluding carboxylic acids is 1. The van der Waals surface area contributed by atoms with Gasteiger partial charge in [0.25, 0.3) is 0 Å². The zero-order chi connectivity index (χ0) is 16.8. The van der Waals surface area contributed by atoms with Crippen molar-refractivity contribution in [3.05, 3.63) is 35.9 Å². The predicted octanol–water partition coefficient (Wildman–Crippen LogP) is 2.43. The molecule has 6 nitrogen and oxygen atoms in total. The number of nitrogens with zero attached hydrogens (tertiary/aromatic N) is 1. The van der Waals surface area contributed by atoms with Gasteiger partial charge in [0.2, 0.25) is 0 Å². The summed E-state index contributed by atoms with van der Waals surface area (Å²) < 4.78 is 5.18. The maximum atomic E-state index is 12.0. The Bertz CT molecular complexity index is 495. The van der Waals surface area contributed by atoms with E-state index in [0.29, 0.717) is 0 Å². The topological polar surface area (TPSA) is 87.1 Å². The lowest BCUT2D eigenvalue weighted by atomic mass is 10.1. The first-order valence-electron chi connectivity index (χ1n) is 7.12. The van der Waals surface area contributed by atoms with E-state index >= 15 is 0 Å². The molecule has 1 atom stereocenters. The van der Waals surface area contributed by atoms with Crippen LogP contribution in [0.2, 0.25) is 0 Å². The molecule has 1 amide bonds. The SMILES string of the molecule is CC(C)(C)OC(=O)N(CCC(O)c1ccccc1)CC(=O)O. The van der Waals surface area contributed by atoms with Gasteiger partial charge in [-0.3, -0.25) is 9.69 Å². The van der Waals surface area contributed by atoms with Crippen LogP contribution in [0, 0.1) is 0 Å². The second-order valence-corrected chi connectivity index (χ2v) is 6.01. The largest absolute Gasteiger partial charge is 0.480 e. The quantitative estimate of drug-likeness (QED) is 0.842. The van der Waals surface area contributed by atoms with Crippen LogP contribution < -0.4 is 0 Å². The van der Waals surface area contributed by atoms with E-state index in [2.05, 4.69) is 0 Å². The van der Waals surface area contributed by atoms with Gasteiger partial charge in [-0.25, -0.2) is 4.79 Å². The summed E-state index contributed by atoms with van der Waals surface area (Å²) in [7, 11) is 0. The van der Waals surface area contributed by atoms with E-state index < -0.39 is 30.3 Å². The van der Waals surface area contributed by atoms with Crippen LogP contribution in [0.3, 0.4) is 0 Å². The van der Waals surface area contributed by atoms with Crippen LogP contribution in [0.15, 0.2) is 30.3 Å². The number of rotatable bonds is 6. The van der Waals surface area contributed by atoms with Crippen molar-refractivity contribution in [1.82, 2.24) is 4.90 Å². The molecule has 0 saturated heterocycles. The maximum absolute atomic E-state index is 12.0. The van der Waals surface area contributed by atoms with E-state index in [9.17, 15) is 14.7 Å². The number of hydrogen-bond acceptors (Lipinski definition) is 4. The Kier molecular flexibility index (Phi) is 6.37. The first-order chi connectivity index (χ1) is 10.2. The predicted molar refractivity (Wildman–Crippen MR) is 81.5 cm³/mol. The second kappa shape index (κ2) is 7.79. The van der Waals surface area contributed by atoms with Crippen molar-refractivity contribution in [2.45, 2.75) is 38.9 Å². The first-order valence-corrected chi connectivity index (χ1v) is 7.12. The Hall–Kier alpha value is -2.08. The zero-order valence-electron chi connectivity index (χ0n) is 13.2. The lowest BCUT2D eigenvalue weighted by Gasteiger charge is -2.27. The van der Waals surface area contributed by atoms with E-state index in [-0.39, 0.29) is 13.0 Å². The summed E-state index contributed by atoms with van der Waals surface area (Å²) in [4.78, 5) is 24.0. The van der Waals surface area contributed by atoms with Gasteiger partial charge in [0, 0.05) is 6.54 Å². The van der Waals surface area contributed by atoms with Gasteiger partial charge in [-0.15, -0.1) is 0 Å². The molecule has 0 heterocycles. The average Bonchev–Trinajstić information content (AvgIpc) is 2.41. The highest BCUT2D eigenvalue weighted by Gasteiger charge is 2.24. The highest BCUT2D eigenvalue weighted by molar-refractivity contribution is 5.76. The molecule has 2 N–H and O–H groups in total. The van der Waals surface area contributed by atoms with E-state index in [1.54, 1.807) is 45.0 Å². The molecule has 0 aliphatic heterocycles. The van der Waals surface area contributed by atoms with Crippen LogP contribution in [0.1, 0.15) is 38.9 Å². The van der Waals surface area contributed by atoms with Gasteiger partial charge < -0.3 is 14.9 Å². The molecule has 1 aromatic rings. The van der Waals surface area contributed by atoms with Crippen LogP contribution in [0.25, 0.3) is 0 Å². The number of benzene rings is 1. The summed E-state index contributed by atoms with van der Waals surface area (Å²) in [5, 5.41) is 19.0. The molecule has 0 bridgehead atoms. The van der Waals surface area contributed by atoms with Crippen LogP contribution in [-0.2, 0) is 9.53 Å². The molecule has 1 aromatic carbocycles. The molecule has 0 saturated carbocycles. The normalized spacial score (nSPS) is 12.5. The number of aliphatic hydroxyl groups is 1. The number of carbonyl (C=O) groups is 2. The molecule has 22 heavy (non-hydrogen) atoms.